The van der Waals surface area contributed by atoms with Crippen LogP contribution in [0.25, 0.3) is 17.3 Å². The Morgan fingerprint density at radius 2 is 1.72 bits per heavy atom. The lowest BCUT2D eigenvalue weighted by atomic mass is 9.97. The molecular formula is C33H29F3N6O3S. The van der Waals surface area contributed by atoms with Crippen LogP contribution < -0.4 is 20.3 Å². The maximum atomic E-state index is 13.8. The van der Waals surface area contributed by atoms with E-state index in [0.29, 0.717) is 59.8 Å². The van der Waals surface area contributed by atoms with Gasteiger partial charge in [0.05, 0.1) is 16.3 Å². The molecule has 0 radical (unpaired) electrons. The third-order valence-corrected chi connectivity index (χ3v) is 8.36. The molecule has 6 rings (SSSR count). The van der Waals surface area contributed by atoms with E-state index in [4.69, 9.17) is 4.74 Å². The summed E-state index contributed by atoms with van der Waals surface area (Å²) >= 11 is 0.835. The zero-order valence-electron chi connectivity index (χ0n) is 24.5. The number of amides is 2. The van der Waals surface area contributed by atoms with Crippen LogP contribution in [-0.2, 0) is 17.5 Å². The maximum Gasteiger partial charge on any atom is 0.433 e. The minimum atomic E-state index is -4.58. The van der Waals surface area contributed by atoms with E-state index >= 15 is 0 Å². The highest BCUT2D eigenvalue weighted by molar-refractivity contribution is 8.18. The molecule has 0 bridgehead atoms. The van der Waals surface area contributed by atoms with E-state index in [1.54, 1.807) is 48.7 Å². The number of imide groups is 1. The number of rotatable bonds is 9. The van der Waals surface area contributed by atoms with E-state index < -0.39 is 23.0 Å². The average Bonchev–Trinajstić information content (AvgIpc) is 3.37. The Labute approximate surface area is 267 Å². The van der Waals surface area contributed by atoms with Crippen molar-refractivity contribution in [3.8, 4) is 22.8 Å². The van der Waals surface area contributed by atoms with Crippen molar-refractivity contribution in [1.29, 1.82) is 0 Å². The fourth-order valence-electron chi connectivity index (χ4n) is 5.21. The number of benzene rings is 2. The molecular weight excluding hydrogens is 617 g/mol. The maximum absolute atomic E-state index is 13.8. The summed E-state index contributed by atoms with van der Waals surface area (Å²) in [6, 6.07) is 20.5. The van der Waals surface area contributed by atoms with Gasteiger partial charge < -0.3 is 15.0 Å². The van der Waals surface area contributed by atoms with Gasteiger partial charge >= 0.3 is 6.18 Å². The summed E-state index contributed by atoms with van der Waals surface area (Å²) in [4.78, 5) is 38.5. The number of hydrogen-bond donors (Lipinski definition) is 2. The summed E-state index contributed by atoms with van der Waals surface area (Å²) in [6.45, 7) is 2.33. The number of anilines is 1. The summed E-state index contributed by atoms with van der Waals surface area (Å²) in [6.07, 6.45) is 0.301. The number of piperidine rings is 1. The summed E-state index contributed by atoms with van der Waals surface area (Å²) < 4.78 is 47.1. The lowest BCUT2D eigenvalue weighted by Gasteiger charge is -2.32. The molecule has 2 aromatic carbocycles. The van der Waals surface area contributed by atoms with Crippen LogP contribution >= 0.6 is 11.8 Å². The van der Waals surface area contributed by atoms with Gasteiger partial charge in [0.25, 0.3) is 11.1 Å². The highest BCUT2D eigenvalue weighted by Gasteiger charge is 2.33. The number of hydrogen-bond acceptors (Lipinski definition) is 9. The zero-order chi connectivity index (χ0) is 32.1. The van der Waals surface area contributed by atoms with Gasteiger partial charge in [-0.05, 0) is 103 Å². The van der Waals surface area contributed by atoms with E-state index in [2.05, 4.69) is 30.5 Å². The number of nitrogens with one attached hydrogen (secondary N) is 2. The Hall–Kier alpha value is -4.75. The summed E-state index contributed by atoms with van der Waals surface area (Å²) in [5, 5.41) is 5.15. The first-order valence-corrected chi connectivity index (χ1v) is 15.5. The minimum absolute atomic E-state index is 0.239. The molecule has 2 amide bonds. The smallest absolute Gasteiger partial charge is 0.433 e. The Balaban J connectivity index is 1.05. The fourth-order valence-corrected chi connectivity index (χ4v) is 5.88. The van der Waals surface area contributed by atoms with E-state index in [1.165, 1.54) is 0 Å². The lowest BCUT2D eigenvalue weighted by Crippen LogP contribution is -2.38. The Bertz CT molecular complexity index is 1740. The van der Waals surface area contributed by atoms with Gasteiger partial charge in [-0.1, -0.05) is 18.2 Å². The predicted octanol–water partition coefficient (Wildman–Crippen LogP) is 6.68. The van der Waals surface area contributed by atoms with Crippen LogP contribution in [0.3, 0.4) is 0 Å². The highest BCUT2D eigenvalue weighted by atomic mass is 32.2. The van der Waals surface area contributed by atoms with Gasteiger partial charge in [-0.3, -0.25) is 14.9 Å². The van der Waals surface area contributed by atoms with Gasteiger partial charge in [-0.2, -0.15) is 13.2 Å². The van der Waals surface area contributed by atoms with Crippen LogP contribution in [0.15, 0.2) is 83.9 Å². The number of alkyl halides is 3. The number of aromatic nitrogens is 3. The Kier molecular flexibility index (Phi) is 9.31. The van der Waals surface area contributed by atoms with Crippen molar-refractivity contribution in [2.45, 2.75) is 25.6 Å². The molecule has 2 aliphatic heterocycles. The molecule has 0 unspecified atom stereocenters. The molecule has 0 atom stereocenters. The lowest BCUT2D eigenvalue weighted by molar-refractivity contribution is -0.141. The second kappa shape index (κ2) is 13.7. The number of nitrogens with zero attached hydrogens (tertiary/aromatic N) is 4. The van der Waals surface area contributed by atoms with Crippen LogP contribution in [0, 0.1) is 5.92 Å². The molecule has 2 aromatic heterocycles. The molecule has 0 saturated carbocycles. The van der Waals surface area contributed by atoms with Gasteiger partial charge in [-0.25, -0.2) is 15.0 Å². The number of ether oxygens (including phenoxy) is 1. The van der Waals surface area contributed by atoms with Gasteiger partial charge in [-0.15, -0.1) is 0 Å². The molecule has 2 fully saturated rings. The topological polar surface area (TPSA) is 109 Å². The summed E-state index contributed by atoms with van der Waals surface area (Å²) in [5.41, 5.74) is 0.891. The quantitative estimate of drug-likeness (QED) is 0.193. The van der Waals surface area contributed by atoms with Crippen molar-refractivity contribution >= 4 is 34.9 Å². The number of carbonyl (C=O) groups is 2. The van der Waals surface area contributed by atoms with Crippen LogP contribution in [0.2, 0.25) is 0 Å². The number of pyridine rings is 1. The molecule has 2 saturated heterocycles. The third kappa shape index (κ3) is 7.90. The van der Waals surface area contributed by atoms with Crippen molar-refractivity contribution in [1.82, 2.24) is 25.6 Å². The predicted molar refractivity (Wildman–Crippen MR) is 169 cm³/mol. The van der Waals surface area contributed by atoms with Gasteiger partial charge in [0, 0.05) is 31.4 Å². The van der Waals surface area contributed by atoms with Crippen LogP contribution in [0.5, 0.6) is 11.5 Å². The SMILES string of the molecule is O=C1NC(=O)C(=Cc2ccnc(N3CCC(CNCc4cc(-c5ccc(Oc6ccccc6)cc5)nc(C(F)(F)F)c4)CC3)n2)S1. The van der Waals surface area contributed by atoms with Crippen LogP contribution in [0.1, 0.15) is 29.8 Å². The first kappa shape index (κ1) is 31.2. The number of carbonyl (C=O) groups excluding carboxylic acids is 2. The summed E-state index contributed by atoms with van der Waals surface area (Å²) in [7, 11) is 0. The number of thioether (sulfide) groups is 1. The Morgan fingerprint density at radius 1 is 0.978 bits per heavy atom. The number of halogens is 3. The average molecular weight is 647 g/mol. The summed E-state index contributed by atoms with van der Waals surface area (Å²) in [5.74, 6) is 1.66. The molecule has 0 aliphatic carbocycles. The van der Waals surface area contributed by atoms with Gasteiger partial charge in [0.1, 0.15) is 17.2 Å². The molecule has 4 heterocycles. The van der Waals surface area contributed by atoms with Crippen LogP contribution in [-0.4, -0.2) is 45.7 Å². The first-order chi connectivity index (χ1) is 22.2. The minimum Gasteiger partial charge on any atom is -0.457 e. The van der Waals surface area contributed by atoms with Crippen molar-refractivity contribution in [2.24, 2.45) is 5.92 Å². The molecule has 2 N–H and O–H groups in total. The first-order valence-electron chi connectivity index (χ1n) is 14.6. The standard InChI is InChI=1S/C33H29F3N6O3S/c34-33(35,36)29-17-22(16-27(40-29)23-6-8-26(9-7-23)45-25-4-2-1-3-5-25)20-37-19-21-11-14-42(15-12-21)31-38-13-10-24(39-31)18-28-30(43)41-32(44)46-28/h1-10,13,16-18,21,37H,11-12,14-15,19-20H2,(H,41,43,44). The van der Waals surface area contributed by atoms with Crippen molar-refractivity contribution in [3.63, 3.8) is 0 Å². The molecule has 236 valence electrons. The molecule has 46 heavy (non-hydrogen) atoms. The second-order valence-electron chi connectivity index (χ2n) is 10.9. The Morgan fingerprint density at radius 3 is 2.41 bits per heavy atom. The highest BCUT2D eigenvalue weighted by Crippen LogP contribution is 2.32. The monoisotopic (exact) mass is 646 g/mol. The fraction of sp³-hybridized carbons (Fsp3) is 0.242. The van der Waals surface area contributed by atoms with E-state index in [-0.39, 0.29) is 17.1 Å². The second-order valence-corrected chi connectivity index (χ2v) is 11.9. The van der Waals surface area contributed by atoms with E-state index in [0.717, 1.165) is 30.7 Å². The van der Waals surface area contributed by atoms with Crippen molar-refractivity contribution < 1.29 is 27.5 Å². The van der Waals surface area contributed by atoms with E-state index in [1.807, 2.05) is 30.3 Å². The van der Waals surface area contributed by atoms with Gasteiger partial charge in [0.2, 0.25) is 5.95 Å². The largest absolute Gasteiger partial charge is 0.457 e. The van der Waals surface area contributed by atoms with Crippen molar-refractivity contribution in [2.75, 3.05) is 24.5 Å². The van der Waals surface area contributed by atoms with E-state index in [9.17, 15) is 22.8 Å². The molecule has 2 aliphatic rings. The molecule has 13 heteroatoms. The molecule has 0 spiro atoms. The third-order valence-electron chi connectivity index (χ3n) is 7.55. The normalized spacial score (nSPS) is 16.6. The van der Waals surface area contributed by atoms with Gasteiger partial charge in [0.15, 0.2) is 0 Å². The zero-order valence-corrected chi connectivity index (χ0v) is 25.3. The van der Waals surface area contributed by atoms with Crippen LogP contribution in [0.4, 0.5) is 23.9 Å². The molecule has 4 aromatic rings. The van der Waals surface area contributed by atoms with Crippen molar-refractivity contribution in [3.05, 3.63) is 101 Å². The number of para-hydroxylation sites is 1. The molecule has 9 nitrogen and oxygen atoms in total.